The van der Waals surface area contributed by atoms with Crippen molar-refractivity contribution in [1.29, 1.82) is 0 Å². The number of hydrogen-bond acceptors (Lipinski definition) is 3. The minimum atomic E-state index is -0.355. The van der Waals surface area contributed by atoms with Crippen LogP contribution in [0, 0.1) is 19.8 Å². The van der Waals surface area contributed by atoms with E-state index in [0.29, 0.717) is 17.3 Å². The molecule has 0 atom stereocenters. The van der Waals surface area contributed by atoms with Gasteiger partial charge in [0, 0.05) is 6.04 Å². The maximum Gasteiger partial charge on any atom is 0.250 e. The Bertz CT molecular complexity index is 760. The van der Waals surface area contributed by atoms with Crippen molar-refractivity contribution in [2.24, 2.45) is 5.92 Å². The van der Waals surface area contributed by atoms with Gasteiger partial charge >= 0.3 is 0 Å². The van der Waals surface area contributed by atoms with Crippen LogP contribution in [0.3, 0.4) is 0 Å². The van der Waals surface area contributed by atoms with Crippen LogP contribution in [-0.2, 0) is 0 Å². The average molecular weight is 297 g/mol. The highest BCUT2D eigenvalue weighted by Gasteiger charge is 2.26. The second kappa shape index (κ2) is 5.71. The molecule has 0 radical (unpaired) electrons. The van der Waals surface area contributed by atoms with Crippen LogP contribution in [0.25, 0.3) is 11.1 Å². The first-order chi connectivity index (χ1) is 10.5. The van der Waals surface area contributed by atoms with Crippen LogP contribution < -0.4 is 16.2 Å². The quantitative estimate of drug-likeness (QED) is 0.881. The van der Waals surface area contributed by atoms with Crippen LogP contribution in [0.4, 0.5) is 5.69 Å². The second-order valence-corrected chi connectivity index (χ2v) is 6.81. The van der Waals surface area contributed by atoms with Crippen LogP contribution >= 0.6 is 0 Å². The summed E-state index contributed by atoms with van der Waals surface area (Å²) in [7, 11) is 0. The monoisotopic (exact) mass is 297 g/mol. The molecule has 1 aliphatic carbocycles. The topological polar surface area (TPSA) is 46.2 Å². The molecule has 0 bridgehead atoms. The van der Waals surface area contributed by atoms with Gasteiger partial charge in [-0.25, -0.2) is 0 Å². The third-order valence-electron chi connectivity index (χ3n) is 5.07. The summed E-state index contributed by atoms with van der Waals surface area (Å²) in [6.07, 6.45) is 4.52. The minimum Gasteiger partial charge on any atom is -0.378 e. The molecular formula is C19H23NO2. The number of nitrogens with one attached hydrogen (secondary N) is 1. The summed E-state index contributed by atoms with van der Waals surface area (Å²) in [5.41, 5.74) is 3.60. The molecule has 0 unspecified atom stereocenters. The number of rotatable bonds is 3. The summed E-state index contributed by atoms with van der Waals surface area (Å²) in [6, 6.07) is 6.27. The Morgan fingerprint density at radius 2 is 1.64 bits per heavy atom. The number of aryl methyl sites for hydroxylation is 2. The Labute approximate surface area is 131 Å². The summed E-state index contributed by atoms with van der Waals surface area (Å²) < 4.78 is 0. The van der Waals surface area contributed by atoms with Gasteiger partial charge in [-0.3, -0.25) is 9.59 Å². The molecule has 0 saturated heterocycles. The van der Waals surface area contributed by atoms with Crippen molar-refractivity contribution in [3.8, 4) is 11.1 Å². The molecule has 1 N–H and O–H groups in total. The van der Waals surface area contributed by atoms with Crippen LogP contribution in [0.5, 0.6) is 0 Å². The lowest BCUT2D eigenvalue weighted by atomic mass is 9.86. The summed E-state index contributed by atoms with van der Waals surface area (Å²) in [5.74, 6) is 0.768. The molecule has 3 heteroatoms. The van der Waals surface area contributed by atoms with Gasteiger partial charge in [0.2, 0.25) is 10.9 Å². The van der Waals surface area contributed by atoms with E-state index in [9.17, 15) is 9.59 Å². The largest absolute Gasteiger partial charge is 0.378 e. The molecule has 2 aromatic carbocycles. The molecule has 1 fully saturated rings. The zero-order chi connectivity index (χ0) is 15.9. The first-order valence-corrected chi connectivity index (χ1v) is 8.15. The van der Waals surface area contributed by atoms with Gasteiger partial charge in [0.05, 0.1) is 11.3 Å². The Kier molecular flexibility index (Phi) is 3.90. The van der Waals surface area contributed by atoms with Crippen LogP contribution in [0.2, 0.25) is 0 Å². The molecule has 0 spiro atoms. The number of benzene rings is 1. The van der Waals surface area contributed by atoms with Crippen LogP contribution in [-0.4, -0.2) is 6.04 Å². The number of anilines is 1. The Hall–Kier alpha value is -1.90. The van der Waals surface area contributed by atoms with Crippen molar-refractivity contribution in [2.45, 2.75) is 52.5 Å². The standard InChI is InChI=1S/C19H23NO2/c1-11-4-8-15(9-5-11)20-17-16(18(21)19(17)22)14-7-6-12(2)13(3)10-14/h6-7,10-11,15,20H,4-5,8-9H2,1-3H3. The Morgan fingerprint density at radius 3 is 2.27 bits per heavy atom. The molecule has 22 heavy (non-hydrogen) atoms. The predicted molar refractivity (Wildman–Crippen MR) is 91.3 cm³/mol. The smallest absolute Gasteiger partial charge is 0.250 e. The molecule has 0 aromatic heterocycles. The Balaban J connectivity index is 1.87. The minimum absolute atomic E-state index is 0.324. The van der Waals surface area contributed by atoms with Gasteiger partial charge in [-0.05, 0) is 62.1 Å². The fourth-order valence-electron chi connectivity index (χ4n) is 3.31. The van der Waals surface area contributed by atoms with Crippen molar-refractivity contribution in [3.05, 3.63) is 49.8 Å². The first kappa shape index (κ1) is 15.0. The third kappa shape index (κ3) is 2.60. The zero-order valence-corrected chi connectivity index (χ0v) is 13.5. The zero-order valence-electron chi connectivity index (χ0n) is 13.5. The fourth-order valence-corrected chi connectivity index (χ4v) is 3.31. The second-order valence-electron chi connectivity index (χ2n) is 6.81. The highest BCUT2D eigenvalue weighted by Crippen LogP contribution is 2.30. The lowest BCUT2D eigenvalue weighted by Gasteiger charge is -2.28. The van der Waals surface area contributed by atoms with Crippen LogP contribution in [0.15, 0.2) is 27.8 Å². The van der Waals surface area contributed by atoms with Gasteiger partial charge in [0.1, 0.15) is 0 Å². The van der Waals surface area contributed by atoms with E-state index in [4.69, 9.17) is 0 Å². The third-order valence-corrected chi connectivity index (χ3v) is 5.07. The van der Waals surface area contributed by atoms with E-state index in [1.54, 1.807) is 0 Å². The van der Waals surface area contributed by atoms with Gasteiger partial charge in [-0.2, -0.15) is 0 Å². The van der Waals surface area contributed by atoms with Gasteiger partial charge < -0.3 is 5.32 Å². The highest BCUT2D eigenvalue weighted by atomic mass is 16.2. The molecule has 3 nitrogen and oxygen atoms in total. The van der Waals surface area contributed by atoms with Crippen molar-refractivity contribution in [2.75, 3.05) is 5.32 Å². The first-order valence-electron chi connectivity index (χ1n) is 8.15. The van der Waals surface area contributed by atoms with Crippen LogP contribution in [0.1, 0.15) is 43.7 Å². The van der Waals surface area contributed by atoms with Gasteiger partial charge in [-0.1, -0.05) is 25.1 Å². The molecule has 116 valence electrons. The van der Waals surface area contributed by atoms with Gasteiger partial charge in [-0.15, -0.1) is 0 Å². The van der Waals surface area contributed by atoms with E-state index in [1.165, 1.54) is 18.4 Å². The van der Waals surface area contributed by atoms with E-state index < -0.39 is 0 Å². The van der Waals surface area contributed by atoms with E-state index in [-0.39, 0.29) is 10.9 Å². The predicted octanol–water partition coefficient (Wildman–Crippen LogP) is 3.56. The van der Waals surface area contributed by atoms with Crippen molar-refractivity contribution < 1.29 is 0 Å². The fraction of sp³-hybridized carbons (Fsp3) is 0.474. The summed E-state index contributed by atoms with van der Waals surface area (Å²) in [5, 5.41) is 3.35. The average Bonchev–Trinajstić information content (AvgIpc) is 2.51. The normalized spacial score (nSPS) is 22.0. The van der Waals surface area contributed by atoms with Crippen molar-refractivity contribution in [3.63, 3.8) is 0 Å². The van der Waals surface area contributed by atoms with E-state index in [1.807, 2.05) is 32.0 Å². The Morgan fingerprint density at radius 1 is 0.955 bits per heavy atom. The van der Waals surface area contributed by atoms with E-state index >= 15 is 0 Å². The summed E-state index contributed by atoms with van der Waals surface area (Å²) in [4.78, 5) is 24.0. The lowest BCUT2D eigenvalue weighted by molar-refractivity contribution is 0.361. The summed E-state index contributed by atoms with van der Waals surface area (Å²) in [6.45, 7) is 6.34. The molecule has 1 saturated carbocycles. The molecule has 0 heterocycles. The van der Waals surface area contributed by atoms with Gasteiger partial charge in [0.15, 0.2) is 0 Å². The lowest BCUT2D eigenvalue weighted by Crippen LogP contribution is -2.39. The molecule has 0 amide bonds. The van der Waals surface area contributed by atoms with E-state index in [0.717, 1.165) is 29.9 Å². The molecule has 3 rings (SSSR count). The highest BCUT2D eigenvalue weighted by molar-refractivity contribution is 5.82. The molecular weight excluding hydrogens is 274 g/mol. The SMILES string of the molecule is Cc1ccc(-c2c(NC3CCC(C)CC3)c(=O)c2=O)cc1C. The number of hydrogen-bond donors (Lipinski definition) is 1. The van der Waals surface area contributed by atoms with Gasteiger partial charge in [0.25, 0.3) is 0 Å². The maximum atomic E-state index is 12.0. The molecule has 2 aromatic rings. The van der Waals surface area contributed by atoms with Crippen molar-refractivity contribution in [1.82, 2.24) is 0 Å². The van der Waals surface area contributed by atoms with E-state index in [2.05, 4.69) is 12.2 Å². The molecule has 0 aliphatic heterocycles. The van der Waals surface area contributed by atoms with Crippen molar-refractivity contribution >= 4 is 5.69 Å². The molecule has 1 aliphatic rings. The maximum absolute atomic E-state index is 12.0. The summed E-state index contributed by atoms with van der Waals surface area (Å²) >= 11 is 0.